The lowest BCUT2D eigenvalue weighted by molar-refractivity contribution is -0.130. The molecule has 0 aliphatic heterocycles. The highest BCUT2D eigenvalue weighted by molar-refractivity contribution is 5.84. The first-order valence-corrected chi connectivity index (χ1v) is 8.13. The van der Waals surface area contributed by atoms with Gasteiger partial charge in [0.15, 0.2) is 0 Å². The highest BCUT2D eigenvalue weighted by Gasteiger charge is 2.07. The van der Waals surface area contributed by atoms with E-state index in [2.05, 4.69) is 10.4 Å². The Bertz CT molecular complexity index is 707. The van der Waals surface area contributed by atoms with Crippen LogP contribution in [0.25, 0.3) is 11.1 Å². The molecule has 1 aromatic carbocycles. The Morgan fingerprint density at radius 2 is 1.92 bits per heavy atom. The topological polar surface area (TPSA) is 76.5 Å². The lowest BCUT2D eigenvalue weighted by Crippen LogP contribution is -2.36. The maximum atomic E-state index is 11.7. The van der Waals surface area contributed by atoms with Gasteiger partial charge in [0.2, 0.25) is 11.8 Å². The minimum absolute atomic E-state index is 0.0369. The largest absolute Gasteiger partial charge is 0.497 e. The van der Waals surface area contributed by atoms with E-state index in [0.717, 1.165) is 16.9 Å². The molecular weight excluding hydrogens is 320 g/mol. The van der Waals surface area contributed by atoms with Gasteiger partial charge in [0.05, 0.1) is 19.9 Å². The van der Waals surface area contributed by atoms with E-state index in [1.165, 1.54) is 4.90 Å². The Kier molecular flexibility index (Phi) is 6.56. The molecule has 2 rings (SSSR count). The van der Waals surface area contributed by atoms with Gasteiger partial charge in [-0.3, -0.25) is 14.3 Å². The summed E-state index contributed by atoms with van der Waals surface area (Å²) in [6, 6.07) is 7.78. The van der Waals surface area contributed by atoms with Crippen molar-refractivity contribution in [2.24, 2.45) is 0 Å². The molecular formula is C18H24N4O3. The fourth-order valence-electron chi connectivity index (χ4n) is 2.24. The fraction of sp³-hybridized carbons (Fsp3) is 0.389. The molecule has 0 aliphatic rings. The van der Waals surface area contributed by atoms with E-state index < -0.39 is 0 Å². The number of carbonyl (C=O) groups is 2. The summed E-state index contributed by atoms with van der Waals surface area (Å²) in [6.45, 7) is 0.681. The Balaban J connectivity index is 1.77. The molecule has 0 fully saturated rings. The zero-order chi connectivity index (χ0) is 18.2. The first-order valence-electron chi connectivity index (χ1n) is 8.13. The third kappa shape index (κ3) is 5.63. The molecule has 1 aromatic heterocycles. The van der Waals surface area contributed by atoms with Crippen LogP contribution in [0, 0.1) is 0 Å². The van der Waals surface area contributed by atoms with Crippen LogP contribution in [-0.4, -0.2) is 54.2 Å². The van der Waals surface area contributed by atoms with Gasteiger partial charge < -0.3 is 15.0 Å². The number of benzene rings is 1. The van der Waals surface area contributed by atoms with E-state index in [0.29, 0.717) is 19.4 Å². The highest BCUT2D eigenvalue weighted by Crippen LogP contribution is 2.21. The molecule has 1 N–H and O–H groups in total. The predicted molar refractivity (Wildman–Crippen MR) is 95.2 cm³/mol. The average Bonchev–Trinajstić information content (AvgIpc) is 3.08. The number of likely N-dealkylation sites (N-methyl/N-ethyl adjacent to an activating group) is 1. The smallest absolute Gasteiger partial charge is 0.241 e. The van der Waals surface area contributed by atoms with Gasteiger partial charge in [0.25, 0.3) is 0 Å². The van der Waals surface area contributed by atoms with Crippen molar-refractivity contribution in [3.8, 4) is 16.9 Å². The van der Waals surface area contributed by atoms with Crippen molar-refractivity contribution in [3.63, 3.8) is 0 Å². The third-order valence-electron chi connectivity index (χ3n) is 3.78. The molecule has 1 heterocycles. The van der Waals surface area contributed by atoms with Crippen LogP contribution in [0.1, 0.15) is 12.8 Å². The fourth-order valence-corrected chi connectivity index (χ4v) is 2.24. The zero-order valence-corrected chi connectivity index (χ0v) is 14.9. The number of ether oxygens (including phenoxy) is 1. The number of aromatic nitrogens is 2. The second kappa shape index (κ2) is 8.86. The van der Waals surface area contributed by atoms with Crippen LogP contribution in [0.2, 0.25) is 0 Å². The molecule has 0 atom stereocenters. The van der Waals surface area contributed by atoms with E-state index in [1.807, 2.05) is 35.1 Å². The predicted octanol–water partition coefficient (Wildman–Crippen LogP) is 1.54. The summed E-state index contributed by atoms with van der Waals surface area (Å²) in [5.41, 5.74) is 2.08. The number of hydrogen-bond donors (Lipinski definition) is 1. The third-order valence-corrected chi connectivity index (χ3v) is 3.78. The Labute approximate surface area is 147 Å². The lowest BCUT2D eigenvalue weighted by Gasteiger charge is -2.10. The van der Waals surface area contributed by atoms with Crippen molar-refractivity contribution in [2.75, 3.05) is 27.7 Å². The summed E-state index contributed by atoms with van der Waals surface area (Å²) in [4.78, 5) is 24.6. The molecule has 0 aliphatic carbocycles. The summed E-state index contributed by atoms with van der Waals surface area (Å²) in [5, 5.41) is 6.94. The van der Waals surface area contributed by atoms with E-state index in [4.69, 9.17) is 4.74 Å². The van der Waals surface area contributed by atoms with Crippen molar-refractivity contribution in [3.05, 3.63) is 36.7 Å². The molecule has 7 heteroatoms. The number of carbonyl (C=O) groups excluding carboxylic acids is 2. The number of nitrogens with zero attached hydrogens (tertiary/aromatic N) is 3. The summed E-state index contributed by atoms with van der Waals surface area (Å²) < 4.78 is 6.97. The number of rotatable bonds is 8. The monoisotopic (exact) mass is 344 g/mol. The Hall–Kier alpha value is -2.83. The average molecular weight is 344 g/mol. The second-order valence-corrected chi connectivity index (χ2v) is 5.89. The van der Waals surface area contributed by atoms with Gasteiger partial charge in [-0.25, -0.2) is 0 Å². The quantitative estimate of drug-likeness (QED) is 0.788. The molecule has 0 unspecified atom stereocenters. The molecule has 0 saturated heterocycles. The van der Waals surface area contributed by atoms with Crippen LogP contribution in [0.15, 0.2) is 36.7 Å². The van der Waals surface area contributed by atoms with E-state index in [9.17, 15) is 9.59 Å². The zero-order valence-electron chi connectivity index (χ0n) is 14.9. The Morgan fingerprint density at radius 1 is 1.20 bits per heavy atom. The van der Waals surface area contributed by atoms with Crippen molar-refractivity contribution < 1.29 is 14.3 Å². The minimum Gasteiger partial charge on any atom is -0.497 e. The van der Waals surface area contributed by atoms with E-state index >= 15 is 0 Å². The highest BCUT2D eigenvalue weighted by atomic mass is 16.5. The maximum Gasteiger partial charge on any atom is 0.241 e. The first kappa shape index (κ1) is 18.5. The second-order valence-electron chi connectivity index (χ2n) is 5.89. The summed E-state index contributed by atoms with van der Waals surface area (Å²) in [5.74, 6) is 0.567. The number of methoxy groups -OCH3 is 1. The number of aryl methyl sites for hydroxylation is 1. The number of amides is 2. The van der Waals surface area contributed by atoms with Crippen LogP contribution in [0.4, 0.5) is 0 Å². The first-order chi connectivity index (χ1) is 12.0. The van der Waals surface area contributed by atoms with Gasteiger partial charge in [0.1, 0.15) is 5.75 Å². The SMILES string of the molecule is COc1ccc(-c2cnn(CCCC(=O)NCC(=O)N(C)C)c2)cc1. The van der Waals surface area contributed by atoms with Crippen LogP contribution >= 0.6 is 0 Å². The van der Waals surface area contributed by atoms with Crippen LogP contribution < -0.4 is 10.1 Å². The van der Waals surface area contributed by atoms with Gasteiger partial charge in [0, 0.05) is 38.8 Å². The van der Waals surface area contributed by atoms with Gasteiger partial charge in [-0.2, -0.15) is 5.10 Å². The molecule has 7 nitrogen and oxygen atoms in total. The van der Waals surface area contributed by atoms with Crippen molar-refractivity contribution >= 4 is 11.8 Å². The summed E-state index contributed by atoms with van der Waals surface area (Å²) >= 11 is 0. The summed E-state index contributed by atoms with van der Waals surface area (Å²) in [7, 11) is 4.96. The van der Waals surface area contributed by atoms with Gasteiger partial charge >= 0.3 is 0 Å². The van der Waals surface area contributed by atoms with Gasteiger partial charge in [-0.05, 0) is 24.1 Å². The molecule has 25 heavy (non-hydrogen) atoms. The van der Waals surface area contributed by atoms with Gasteiger partial charge in [-0.15, -0.1) is 0 Å². The van der Waals surface area contributed by atoms with E-state index in [1.54, 1.807) is 27.4 Å². The van der Waals surface area contributed by atoms with Crippen molar-refractivity contribution in [2.45, 2.75) is 19.4 Å². The molecule has 0 radical (unpaired) electrons. The molecule has 2 aromatic rings. The van der Waals surface area contributed by atoms with Crippen LogP contribution in [0.3, 0.4) is 0 Å². The Morgan fingerprint density at radius 3 is 2.56 bits per heavy atom. The molecule has 0 bridgehead atoms. The van der Waals surface area contributed by atoms with Crippen LogP contribution in [0.5, 0.6) is 5.75 Å². The van der Waals surface area contributed by atoms with Gasteiger partial charge in [-0.1, -0.05) is 12.1 Å². The summed E-state index contributed by atoms with van der Waals surface area (Å²) in [6.07, 6.45) is 4.77. The van der Waals surface area contributed by atoms with E-state index in [-0.39, 0.29) is 18.4 Å². The van der Waals surface area contributed by atoms with Crippen molar-refractivity contribution in [1.82, 2.24) is 20.0 Å². The maximum absolute atomic E-state index is 11.7. The lowest BCUT2D eigenvalue weighted by atomic mass is 10.1. The van der Waals surface area contributed by atoms with Crippen LogP contribution in [-0.2, 0) is 16.1 Å². The molecule has 2 amide bonds. The molecule has 134 valence electrons. The normalized spacial score (nSPS) is 10.4. The molecule has 0 saturated carbocycles. The minimum atomic E-state index is -0.127. The number of nitrogens with one attached hydrogen (secondary N) is 1. The standard InChI is InChI=1S/C18H24N4O3/c1-21(2)18(24)12-19-17(23)5-4-10-22-13-15(11-20-22)14-6-8-16(25-3)9-7-14/h6-9,11,13H,4-5,10,12H2,1-3H3,(H,19,23). The van der Waals surface area contributed by atoms with Crippen molar-refractivity contribution in [1.29, 1.82) is 0 Å². The number of hydrogen-bond acceptors (Lipinski definition) is 4. The molecule has 0 spiro atoms.